The Labute approximate surface area is 101 Å². The summed E-state index contributed by atoms with van der Waals surface area (Å²) >= 11 is 0. The van der Waals surface area contributed by atoms with E-state index in [4.69, 9.17) is 0 Å². The molecule has 1 aliphatic rings. The van der Waals surface area contributed by atoms with Gasteiger partial charge in [0.15, 0.2) is 0 Å². The van der Waals surface area contributed by atoms with Gasteiger partial charge in [0.05, 0.1) is 12.0 Å². The zero-order chi connectivity index (χ0) is 11.7. The second-order valence-corrected chi connectivity index (χ2v) is 4.64. The highest BCUT2D eigenvalue weighted by atomic mass is 16.3. The number of aromatic hydroxyl groups is 1. The van der Waals surface area contributed by atoms with Crippen LogP contribution >= 0.6 is 0 Å². The highest BCUT2D eigenvalue weighted by Gasteiger charge is 2.14. The first kappa shape index (κ1) is 10.4. The third kappa shape index (κ3) is 2.05. The molecule has 1 aromatic heterocycles. The van der Waals surface area contributed by atoms with Crippen molar-refractivity contribution in [1.29, 1.82) is 0 Å². The van der Waals surface area contributed by atoms with Crippen LogP contribution in [0.15, 0.2) is 30.6 Å². The first-order valence-corrected chi connectivity index (χ1v) is 6.14. The summed E-state index contributed by atoms with van der Waals surface area (Å²) in [5.41, 5.74) is 3.87. The van der Waals surface area contributed by atoms with Crippen LogP contribution in [0.3, 0.4) is 0 Å². The fraction of sp³-hybridized carbons (Fsp3) is 0.357. The van der Waals surface area contributed by atoms with Crippen LogP contribution in [-0.4, -0.2) is 14.7 Å². The molecule has 0 saturated carbocycles. The van der Waals surface area contributed by atoms with E-state index in [0.29, 0.717) is 5.75 Å². The number of imidazole rings is 1. The van der Waals surface area contributed by atoms with E-state index in [0.717, 1.165) is 19.4 Å². The maximum atomic E-state index is 9.26. The molecule has 1 aliphatic carbocycles. The van der Waals surface area contributed by atoms with E-state index in [1.165, 1.54) is 29.8 Å². The molecule has 1 aromatic carbocycles. The topological polar surface area (TPSA) is 38.0 Å². The molecule has 0 radical (unpaired) electrons. The van der Waals surface area contributed by atoms with Gasteiger partial charge in [-0.2, -0.15) is 0 Å². The standard InChI is InChI=1S/C14H16N2O/c17-12-7-5-11(6-8-12)9-16-10-15-13-3-1-2-4-14(13)16/h5-8,10,17H,1-4,9H2. The lowest BCUT2D eigenvalue weighted by atomic mass is 10.0. The van der Waals surface area contributed by atoms with Gasteiger partial charge in [-0.3, -0.25) is 0 Å². The van der Waals surface area contributed by atoms with Crippen LogP contribution in [0.4, 0.5) is 0 Å². The predicted molar refractivity (Wildman–Crippen MR) is 66.1 cm³/mol. The first-order valence-electron chi connectivity index (χ1n) is 6.14. The van der Waals surface area contributed by atoms with Gasteiger partial charge >= 0.3 is 0 Å². The van der Waals surface area contributed by atoms with Crippen molar-refractivity contribution in [2.75, 3.05) is 0 Å². The van der Waals surface area contributed by atoms with Crippen molar-refractivity contribution < 1.29 is 5.11 Å². The molecule has 0 unspecified atom stereocenters. The lowest BCUT2D eigenvalue weighted by molar-refractivity contribution is 0.475. The monoisotopic (exact) mass is 228 g/mol. The Morgan fingerprint density at radius 3 is 2.71 bits per heavy atom. The Morgan fingerprint density at radius 2 is 1.88 bits per heavy atom. The van der Waals surface area contributed by atoms with Crippen LogP contribution in [0, 0.1) is 0 Å². The molecule has 1 N–H and O–H groups in total. The molecule has 17 heavy (non-hydrogen) atoms. The third-order valence-corrected chi connectivity index (χ3v) is 3.40. The highest BCUT2D eigenvalue weighted by Crippen LogP contribution is 2.21. The normalized spacial score (nSPS) is 14.6. The zero-order valence-corrected chi connectivity index (χ0v) is 9.76. The van der Waals surface area contributed by atoms with Gasteiger partial charge in [0.1, 0.15) is 5.75 Å². The summed E-state index contributed by atoms with van der Waals surface area (Å²) in [5, 5.41) is 9.26. The summed E-state index contributed by atoms with van der Waals surface area (Å²) in [6, 6.07) is 7.40. The maximum Gasteiger partial charge on any atom is 0.115 e. The Balaban J connectivity index is 1.85. The smallest absolute Gasteiger partial charge is 0.115 e. The van der Waals surface area contributed by atoms with Crippen LogP contribution in [0.1, 0.15) is 29.8 Å². The number of aromatic nitrogens is 2. The average Bonchev–Trinajstić information content (AvgIpc) is 2.76. The molecule has 0 atom stereocenters. The van der Waals surface area contributed by atoms with Gasteiger partial charge in [-0.25, -0.2) is 4.98 Å². The van der Waals surface area contributed by atoms with Crippen LogP contribution in [0.25, 0.3) is 0 Å². The summed E-state index contributed by atoms with van der Waals surface area (Å²) in [6.07, 6.45) is 6.76. The van der Waals surface area contributed by atoms with Crippen molar-refractivity contribution in [2.45, 2.75) is 32.2 Å². The van der Waals surface area contributed by atoms with Crippen molar-refractivity contribution in [3.63, 3.8) is 0 Å². The van der Waals surface area contributed by atoms with Crippen LogP contribution < -0.4 is 0 Å². The molecule has 1 heterocycles. The Kier molecular flexibility index (Phi) is 2.59. The molecular formula is C14H16N2O. The van der Waals surface area contributed by atoms with Crippen molar-refractivity contribution in [3.05, 3.63) is 47.5 Å². The van der Waals surface area contributed by atoms with Crippen molar-refractivity contribution in [3.8, 4) is 5.75 Å². The minimum atomic E-state index is 0.321. The number of aryl methyl sites for hydroxylation is 1. The molecular weight excluding hydrogens is 212 g/mol. The lowest BCUT2D eigenvalue weighted by Gasteiger charge is -2.14. The number of nitrogens with zero attached hydrogens (tertiary/aromatic N) is 2. The number of hydrogen-bond acceptors (Lipinski definition) is 2. The van der Waals surface area contributed by atoms with E-state index in [1.807, 2.05) is 18.5 Å². The molecule has 0 aliphatic heterocycles. The quantitative estimate of drug-likeness (QED) is 0.857. The maximum absolute atomic E-state index is 9.26. The fourth-order valence-electron chi connectivity index (χ4n) is 2.47. The molecule has 0 amide bonds. The molecule has 0 fully saturated rings. The minimum Gasteiger partial charge on any atom is -0.508 e. The SMILES string of the molecule is Oc1ccc(Cn2cnc3c2CCCC3)cc1. The Morgan fingerprint density at radius 1 is 1.12 bits per heavy atom. The van der Waals surface area contributed by atoms with Crippen LogP contribution in [0.2, 0.25) is 0 Å². The molecule has 0 saturated heterocycles. The second kappa shape index (κ2) is 4.24. The highest BCUT2D eigenvalue weighted by molar-refractivity contribution is 5.27. The Hall–Kier alpha value is -1.77. The van der Waals surface area contributed by atoms with Gasteiger partial charge in [0, 0.05) is 12.2 Å². The largest absolute Gasteiger partial charge is 0.508 e. The lowest BCUT2D eigenvalue weighted by Crippen LogP contribution is -2.08. The Bertz CT molecular complexity index is 514. The van der Waals surface area contributed by atoms with Gasteiger partial charge in [-0.15, -0.1) is 0 Å². The second-order valence-electron chi connectivity index (χ2n) is 4.64. The van der Waals surface area contributed by atoms with Gasteiger partial charge < -0.3 is 9.67 Å². The molecule has 3 rings (SSSR count). The summed E-state index contributed by atoms with van der Waals surface area (Å²) in [4.78, 5) is 4.48. The fourth-order valence-corrected chi connectivity index (χ4v) is 2.47. The number of fused-ring (bicyclic) bond motifs is 1. The number of benzene rings is 1. The summed E-state index contributed by atoms with van der Waals surface area (Å²) < 4.78 is 2.24. The van der Waals surface area contributed by atoms with Crippen molar-refractivity contribution in [2.24, 2.45) is 0 Å². The minimum absolute atomic E-state index is 0.321. The molecule has 2 aromatic rings. The number of phenolic OH excluding ortho intramolecular Hbond substituents is 1. The summed E-state index contributed by atoms with van der Waals surface area (Å²) in [6.45, 7) is 0.850. The number of rotatable bonds is 2. The molecule has 0 spiro atoms. The first-order chi connectivity index (χ1) is 8.33. The van der Waals surface area contributed by atoms with E-state index in [1.54, 1.807) is 12.1 Å². The van der Waals surface area contributed by atoms with E-state index in [9.17, 15) is 5.11 Å². The molecule has 0 bridgehead atoms. The van der Waals surface area contributed by atoms with Crippen molar-refractivity contribution >= 4 is 0 Å². The number of phenols is 1. The van der Waals surface area contributed by atoms with E-state index < -0.39 is 0 Å². The third-order valence-electron chi connectivity index (χ3n) is 3.40. The van der Waals surface area contributed by atoms with E-state index >= 15 is 0 Å². The molecule has 3 heteroatoms. The van der Waals surface area contributed by atoms with E-state index in [2.05, 4.69) is 9.55 Å². The predicted octanol–water partition coefficient (Wildman–Crippen LogP) is 2.52. The number of hydrogen-bond donors (Lipinski definition) is 1. The summed E-state index contributed by atoms with van der Waals surface area (Å²) in [5.74, 6) is 0.321. The van der Waals surface area contributed by atoms with Gasteiger partial charge in [0.25, 0.3) is 0 Å². The van der Waals surface area contributed by atoms with Crippen LogP contribution in [0.5, 0.6) is 5.75 Å². The van der Waals surface area contributed by atoms with Crippen molar-refractivity contribution in [1.82, 2.24) is 9.55 Å². The van der Waals surface area contributed by atoms with Crippen LogP contribution in [-0.2, 0) is 19.4 Å². The van der Waals surface area contributed by atoms with Gasteiger partial charge in [0.2, 0.25) is 0 Å². The molecule has 3 nitrogen and oxygen atoms in total. The van der Waals surface area contributed by atoms with Gasteiger partial charge in [-0.1, -0.05) is 12.1 Å². The summed E-state index contributed by atoms with van der Waals surface area (Å²) in [7, 11) is 0. The van der Waals surface area contributed by atoms with Gasteiger partial charge in [-0.05, 0) is 43.4 Å². The van der Waals surface area contributed by atoms with E-state index in [-0.39, 0.29) is 0 Å². The average molecular weight is 228 g/mol. The zero-order valence-electron chi connectivity index (χ0n) is 9.76. The molecule has 88 valence electrons.